The second-order valence-electron chi connectivity index (χ2n) is 4.79. The smallest absolute Gasteiger partial charge is 0.337 e. The number of ketones is 1. The summed E-state index contributed by atoms with van der Waals surface area (Å²) in [5.41, 5.74) is 2.99. The first-order valence-corrected chi connectivity index (χ1v) is 6.93. The van der Waals surface area contributed by atoms with Gasteiger partial charge in [-0.05, 0) is 37.1 Å². The van der Waals surface area contributed by atoms with Gasteiger partial charge in [0, 0.05) is 11.1 Å². The summed E-state index contributed by atoms with van der Waals surface area (Å²) in [6.45, 7) is 3.63. The Morgan fingerprint density at radius 2 is 1.76 bits per heavy atom. The van der Waals surface area contributed by atoms with Gasteiger partial charge in [0.25, 0.3) is 0 Å². The highest BCUT2D eigenvalue weighted by atomic mass is 32.1. The molecule has 0 N–H and O–H groups in total. The summed E-state index contributed by atoms with van der Waals surface area (Å²) in [5.74, 6) is -0.800. The fourth-order valence-corrected chi connectivity index (χ4v) is 2.07. The van der Waals surface area contributed by atoms with Crippen LogP contribution in [-0.2, 0) is 17.4 Å². The highest BCUT2D eigenvalue weighted by Gasteiger charge is 2.12. The number of esters is 1. The molecule has 0 unspecified atom stereocenters. The second kappa shape index (κ2) is 6.50. The molecule has 0 aliphatic carbocycles. The number of hydrogen-bond donors (Lipinski definition) is 0. The van der Waals surface area contributed by atoms with Crippen molar-refractivity contribution in [2.75, 3.05) is 6.61 Å². The molecule has 0 aliphatic heterocycles. The van der Waals surface area contributed by atoms with Crippen molar-refractivity contribution in [3.05, 3.63) is 64.7 Å². The van der Waals surface area contributed by atoms with Gasteiger partial charge in [-0.15, -0.1) is 0 Å². The summed E-state index contributed by atoms with van der Waals surface area (Å²) < 4.78 is 5.04. The minimum atomic E-state index is -0.571. The molecule has 0 amide bonds. The van der Waals surface area contributed by atoms with E-state index < -0.39 is 5.97 Å². The largest absolute Gasteiger partial charge is 0.779 e. The molecule has 0 fully saturated rings. The van der Waals surface area contributed by atoms with E-state index in [1.54, 1.807) is 36.4 Å². The Labute approximate surface area is 129 Å². The quantitative estimate of drug-likeness (QED) is 0.494. The first-order chi connectivity index (χ1) is 9.99. The molecule has 3 nitrogen and oxygen atoms in total. The number of carbonyl (C=O) groups excluding carboxylic acids is 2. The van der Waals surface area contributed by atoms with Gasteiger partial charge in [0.05, 0.1) is 0 Å². The summed E-state index contributed by atoms with van der Waals surface area (Å²) in [7, 11) is 0. The fourth-order valence-electron chi connectivity index (χ4n) is 1.84. The zero-order valence-corrected chi connectivity index (χ0v) is 12.7. The molecule has 0 saturated heterocycles. The van der Waals surface area contributed by atoms with Crippen molar-refractivity contribution in [2.24, 2.45) is 0 Å². The normalized spacial score (nSPS) is 10.2. The predicted molar refractivity (Wildman–Crippen MR) is 82.6 cm³/mol. The van der Waals surface area contributed by atoms with Crippen LogP contribution in [0.3, 0.4) is 0 Å². The highest BCUT2D eigenvalue weighted by molar-refractivity contribution is 7.58. The lowest BCUT2D eigenvalue weighted by molar-refractivity contribution is 0.0471. The molecule has 0 heterocycles. The Morgan fingerprint density at radius 1 is 1.05 bits per heavy atom. The number of hydrogen-bond acceptors (Lipinski definition) is 4. The Bertz CT molecular complexity index is 692. The fraction of sp³-hybridized carbons (Fsp3) is 0.176. The van der Waals surface area contributed by atoms with Crippen LogP contribution in [0.25, 0.3) is 0 Å². The van der Waals surface area contributed by atoms with Crippen LogP contribution >= 0.6 is 0 Å². The van der Waals surface area contributed by atoms with Crippen molar-refractivity contribution in [2.45, 2.75) is 18.7 Å². The maximum atomic E-state index is 12.0. The van der Waals surface area contributed by atoms with E-state index in [0.717, 1.165) is 11.1 Å². The molecule has 0 atom stereocenters. The summed E-state index contributed by atoms with van der Waals surface area (Å²) in [4.78, 5) is 24.3. The van der Waals surface area contributed by atoms with Gasteiger partial charge >= 0.3 is 5.97 Å². The average molecular weight is 299 g/mol. The van der Waals surface area contributed by atoms with Crippen LogP contribution in [-0.4, -0.2) is 18.4 Å². The lowest BCUT2D eigenvalue weighted by atomic mass is 10.0. The molecule has 0 radical (unpaired) electrons. The van der Waals surface area contributed by atoms with Crippen molar-refractivity contribution in [3.8, 4) is 0 Å². The van der Waals surface area contributed by atoms with E-state index in [2.05, 4.69) is 0 Å². The Balaban J connectivity index is 2.02. The lowest BCUT2D eigenvalue weighted by Gasteiger charge is -2.12. The van der Waals surface area contributed by atoms with Crippen molar-refractivity contribution in [3.63, 3.8) is 0 Å². The number of ether oxygens (including phenoxy) is 1. The van der Waals surface area contributed by atoms with Gasteiger partial charge in [-0.1, -0.05) is 30.3 Å². The molecule has 0 spiro atoms. The average Bonchev–Trinajstić information content (AvgIpc) is 2.47. The molecule has 108 valence electrons. The van der Waals surface area contributed by atoms with Gasteiger partial charge in [0.2, 0.25) is 0 Å². The van der Waals surface area contributed by atoms with Gasteiger partial charge in [0.15, 0.2) is 12.4 Å². The second-order valence-corrected chi connectivity index (χ2v) is 5.23. The zero-order chi connectivity index (χ0) is 15.4. The first kappa shape index (κ1) is 15.2. The van der Waals surface area contributed by atoms with Crippen molar-refractivity contribution >= 4 is 24.4 Å². The molecule has 2 rings (SSSR count). The minimum absolute atomic E-state index is 0.228. The van der Waals surface area contributed by atoms with Gasteiger partial charge in [-0.25, -0.2) is 4.79 Å². The van der Waals surface area contributed by atoms with Gasteiger partial charge in [-0.2, -0.15) is 4.90 Å². The first-order valence-electron chi connectivity index (χ1n) is 6.52. The van der Waals surface area contributed by atoms with E-state index in [0.29, 0.717) is 16.0 Å². The molecule has 0 aliphatic rings. The van der Waals surface area contributed by atoms with Gasteiger partial charge in [0.1, 0.15) is 0 Å². The van der Waals surface area contributed by atoms with Crippen LogP contribution in [0.2, 0.25) is 0 Å². The van der Waals surface area contributed by atoms with Gasteiger partial charge in [-0.3, -0.25) is 4.79 Å². The van der Waals surface area contributed by atoms with Crippen LogP contribution in [0, 0.1) is 13.8 Å². The molecular formula is C17H15O3S-. The predicted octanol–water partition coefficient (Wildman–Crippen LogP) is 3.25. The van der Waals surface area contributed by atoms with E-state index in [-0.39, 0.29) is 12.4 Å². The third kappa shape index (κ3) is 3.67. The third-order valence-electron chi connectivity index (χ3n) is 3.27. The van der Waals surface area contributed by atoms with E-state index in [1.807, 2.05) is 19.9 Å². The number of benzene rings is 2. The summed E-state index contributed by atoms with van der Waals surface area (Å²) in [6.07, 6.45) is 0. The van der Waals surface area contributed by atoms with Gasteiger partial charge < -0.3 is 17.4 Å². The summed E-state index contributed by atoms with van der Waals surface area (Å²) in [6, 6.07) is 12.1. The SMILES string of the molecule is Cc1ccc(C(=O)COC(=O)c2ccccc2[S-])cc1C. The van der Waals surface area contributed by atoms with E-state index in [1.165, 1.54) is 0 Å². The number of Topliss-reactive ketones (excluding diaryl/α,β-unsaturated/α-hetero) is 1. The molecule has 2 aromatic carbocycles. The molecular weight excluding hydrogens is 284 g/mol. The zero-order valence-electron chi connectivity index (χ0n) is 11.9. The number of rotatable bonds is 4. The number of carbonyl (C=O) groups is 2. The maximum absolute atomic E-state index is 12.0. The molecule has 0 saturated carbocycles. The Hall–Kier alpha value is -2.20. The van der Waals surface area contributed by atoms with E-state index in [4.69, 9.17) is 17.4 Å². The molecule has 0 bridgehead atoms. The molecule has 2 aromatic rings. The molecule has 0 aromatic heterocycles. The molecule has 4 heteroatoms. The van der Waals surface area contributed by atoms with Crippen LogP contribution in [0.1, 0.15) is 31.8 Å². The van der Waals surface area contributed by atoms with Crippen LogP contribution in [0.15, 0.2) is 47.4 Å². The Morgan fingerprint density at radius 3 is 2.43 bits per heavy atom. The maximum Gasteiger partial charge on any atom is 0.337 e. The van der Waals surface area contributed by atoms with Crippen molar-refractivity contribution in [1.82, 2.24) is 0 Å². The monoisotopic (exact) mass is 299 g/mol. The van der Waals surface area contributed by atoms with Crippen LogP contribution in [0.4, 0.5) is 0 Å². The van der Waals surface area contributed by atoms with Crippen molar-refractivity contribution in [1.29, 1.82) is 0 Å². The minimum Gasteiger partial charge on any atom is -0.779 e. The molecule has 21 heavy (non-hydrogen) atoms. The lowest BCUT2D eigenvalue weighted by Crippen LogP contribution is -2.15. The Kier molecular flexibility index (Phi) is 4.70. The van der Waals surface area contributed by atoms with Crippen molar-refractivity contribution < 1.29 is 14.3 Å². The number of aryl methyl sites for hydroxylation is 2. The highest BCUT2D eigenvalue weighted by Crippen LogP contribution is 2.12. The third-order valence-corrected chi connectivity index (χ3v) is 3.63. The summed E-state index contributed by atoms with van der Waals surface area (Å²) >= 11 is 5.05. The van der Waals surface area contributed by atoms with Crippen LogP contribution in [0.5, 0.6) is 0 Å². The van der Waals surface area contributed by atoms with E-state index >= 15 is 0 Å². The standard InChI is InChI=1S/C17H16O3S/c1-11-7-8-13(9-12(11)2)15(18)10-20-17(19)14-5-3-4-6-16(14)21/h3-9,21H,10H2,1-2H3/p-1. The summed E-state index contributed by atoms with van der Waals surface area (Å²) in [5, 5.41) is 0. The van der Waals surface area contributed by atoms with E-state index in [9.17, 15) is 9.59 Å². The van der Waals surface area contributed by atoms with Crippen LogP contribution < -0.4 is 0 Å². The topological polar surface area (TPSA) is 43.4 Å².